The molecular formula is C19H19N3O4. The number of rotatable bonds is 6. The second-order valence-corrected chi connectivity index (χ2v) is 5.81. The number of hydrogen-bond donors (Lipinski definition) is 4. The molecule has 0 aromatic heterocycles. The smallest absolute Gasteiger partial charge is 0.334 e. The quantitative estimate of drug-likeness (QED) is 0.461. The Balaban J connectivity index is 1.74. The lowest BCUT2D eigenvalue weighted by molar-refractivity contribution is -0.137. The lowest BCUT2D eigenvalue weighted by atomic mass is 10.0. The summed E-state index contributed by atoms with van der Waals surface area (Å²) in [5.74, 6) is -0.496. The number of amidine groups is 1. The van der Waals surface area contributed by atoms with Gasteiger partial charge in [-0.3, -0.25) is 5.41 Å². The number of benzene rings is 1. The van der Waals surface area contributed by atoms with E-state index in [1.165, 1.54) is 12.5 Å². The molecular weight excluding hydrogens is 334 g/mol. The van der Waals surface area contributed by atoms with Crippen LogP contribution in [0.25, 0.3) is 0 Å². The van der Waals surface area contributed by atoms with Crippen molar-refractivity contribution in [3.63, 3.8) is 0 Å². The zero-order valence-corrected chi connectivity index (χ0v) is 13.9. The Hall–Kier alpha value is -3.48. The van der Waals surface area contributed by atoms with Gasteiger partial charge in [-0.25, -0.2) is 4.79 Å². The molecule has 134 valence electrons. The zero-order valence-electron chi connectivity index (χ0n) is 13.9. The first-order valence-corrected chi connectivity index (χ1v) is 8.08. The third-order valence-corrected chi connectivity index (χ3v) is 3.96. The van der Waals surface area contributed by atoms with Gasteiger partial charge in [0.05, 0.1) is 0 Å². The van der Waals surface area contributed by atoms with Gasteiger partial charge in [-0.15, -0.1) is 0 Å². The molecule has 1 aliphatic carbocycles. The monoisotopic (exact) mass is 353 g/mol. The normalized spacial score (nSPS) is 17.0. The maximum atomic E-state index is 11.7. The van der Waals surface area contributed by atoms with E-state index >= 15 is 0 Å². The SMILES string of the molecule is N=C(N)c1ccc(NC(C(=O)O)C2=COC=C(C3=CC=CCC3)O2)cc1. The van der Waals surface area contributed by atoms with Crippen LogP contribution in [0.5, 0.6) is 0 Å². The van der Waals surface area contributed by atoms with Crippen LogP contribution in [0, 0.1) is 5.41 Å². The molecule has 7 heteroatoms. The van der Waals surface area contributed by atoms with Crippen molar-refractivity contribution in [1.29, 1.82) is 5.41 Å². The highest BCUT2D eigenvalue weighted by atomic mass is 16.5. The number of anilines is 1. The van der Waals surface area contributed by atoms with Crippen molar-refractivity contribution in [1.82, 2.24) is 0 Å². The summed E-state index contributed by atoms with van der Waals surface area (Å²) < 4.78 is 11.1. The first-order chi connectivity index (χ1) is 12.5. The number of carboxylic acid groups (broad SMARTS) is 1. The summed E-state index contributed by atoms with van der Waals surface area (Å²) in [5, 5.41) is 19.9. The van der Waals surface area contributed by atoms with Gasteiger partial charge in [-0.05, 0) is 42.7 Å². The minimum Gasteiger partial charge on any atom is -0.479 e. The van der Waals surface area contributed by atoms with E-state index in [4.69, 9.17) is 20.6 Å². The van der Waals surface area contributed by atoms with E-state index in [2.05, 4.69) is 11.4 Å². The van der Waals surface area contributed by atoms with E-state index in [0.717, 1.165) is 18.4 Å². The lowest BCUT2D eigenvalue weighted by Gasteiger charge is -2.24. The van der Waals surface area contributed by atoms with Gasteiger partial charge >= 0.3 is 5.97 Å². The van der Waals surface area contributed by atoms with Crippen molar-refractivity contribution < 1.29 is 19.4 Å². The van der Waals surface area contributed by atoms with Crippen molar-refractivity contribution in [3.05, 3.63) is 77.7 Å². The number of nitrogens with one attached hydrogen (secondary N) is 2. The maximum absolute atomic E-state index is 11.7. The maximum Gasteiger partial charge on any atom is 0.334 e. The first-order valence-electron chi connectivity index (χ1n) is 8.08. The van der Waals surface area contributed by atoms with Crippen molar-refractivity contribution in [3.8, 4) is 0 Å². The summed E-state index contributed by atoms with van der Waals surface area (Å²) in [6, 6.07) is 5.47. The number of allylic oxidation sites excluding steroid dienone is 4. The standard InChI is InChI=1S/C19H19N3O4/c20-18(21)13-6-8-14(9-7-13)22-17(19(23)24)16-11-25-10-15(26-16)12-4-2-1-3-5-12/h1-2,4,6-11,17,22H,3,5H2,(H3,20,21)(H,23,24). The molecule has 0 spiro atoms. The van der Waals surface area contributed by atoms with Crippen LogP contribution in [0.3, 0.4) is 0 Å². The van der Waals surface area contributed by atoms with Crippen molar-refractivity contribution in [2.45, 2.75) is 18.9 Å². The molecule has 1 heterocycles. The second kappa shape index (κ2) is 7.60. The van der Waals surface area contributed by atoms with Crippen LogP contribution >= 0.6 is 0 Å². The fourth-order valence-corrected chi connectivity index (χ4v) is 2.58. The van der Waals surface area contributed by atoms with Crippen LogP contribution in [0.2, 0.25) is 0 Å². The number of nitrogens with two attached hydrogens (primary N) is 1. The van der Waals surface area contributed by atoms with Crippen molar-refractivity contribution in [2.75, 3.05) is 5.32 Å². The Morgan fingerprint density at radius 3 is 2.65 bits per heavy atom. The van der Waals surface area contributed by atoms with Crippen LogP contribution in [0.1, 0.15) is 18.4 Å². The molecule has 5 N–H and O–H groups in total. The Bertz CT molecular complexity index is 835. The third kappa shape index (κ3) is 3.94. The van der Waals surface area contributed by atoms with Crippen LogP contribution in [-0.4, -0.2) is 23.0 Å². The highest BCUT2D eigenvalue weighted by Gasteiger charge is 2.28. The largest absolute Gasteiger partial charge is 0.479 e. The number of carboxylic acids is 1. The van der Waals surface area contributed by atoms with Gasteiger partial charge in [-0.2, -0.15) is 0 Å². The van der Waals surface area contributed by atoms with Gasteiger partial charge in [0.1, 0.15) is 18.4 Å². The van der Waals surface area contributed by atoms with E-state index in [9.17, 15) is 9.90 Å². The predicted molar refractivity (Wildman–Crippen MR) is 97.3 cm³/mol. The second-order valence-electron chi connectivity index (χ2n) is 5.81. The van der Waals surface area contributed by atoms with Crippen LogP contribution in [0.15, 0.2) is 72.1 Å². The molecule has 0 bridgehead atoms. The summed E-state index contributed by atoms with van der Waals surface area (Å²) in [6.07, 6.45) is 10.4. The highest BCUT2D eigenvalue weighted by molar-refractivity contribution is 5.95. The third-order valence-electron chi connectivity index (χ3n) is 3.96. The molecule has 0 radical (unpaired) electrons. The van der Waals surface area contributed by atoms with Gasteiger partial charge in [0, 0.05) is 11.3 Å². The fraction of sp³-hybridized carbons (Fsp3) is 0.158. The van der Waals surface area contributed by atoms with Gasteiger partial charge in [0.2, 0.25) is 0 Å². The minimum absolute atomic E-state index is 0.0531. The molecule has 1 aromatic rings. The number of ether oxygens (including phenoxy) is 2. The summed E-state index contributed by atoms with van der Waals surface area (Å²) in [6.45, 7) is 0. The van der Waals surface area contributed by atoms with Crippen LogP contribution in [-0.2, 0) is 14.3 Å². The van der Waals surface area contributed by atoms with Crippen molar-refractivity contribution in [2.24, 2.45) is 5.73 Å². The van der Waals surface area contributed by atoms with Gasteiger partial charge in [-0.1, -0.05) is 18.2 Å². The predicted octanol–water partition coefficient (Wildman–Crippen LogP) is 2.84. The van der Waals surface area contributed by atoms with Gasteiger partial charge in [0.25, 0.3) is 0 Å². The fourth-order valence-electron chi connectivity index (χ4n) is 2.58. The number of aliphatic carboxylic acids is 1. The molecule has 1 aromatic carbocycles. The van der Waals surface area contributed by atoms with E-state index in [1.807, 2.05) is 12.2 Å². The molecule has 1 atom stereocenters. The molecule has 1 aliphatic heterocycles. The molecule has 0 saturated heterocycles. The average Bonchev–Trinajstić information content (AvgIpc) is 2.67. The van der Waals surface area contributed by atoms with Crippen molar-refractivity contribution >= 4 is 17.5 Å². The first kappa shape index (κ1) is 17.3. The van der Waals surface area contributed by atoms with E-state index in [1.54, 1.807) is 24.3 Å². The number of nitrogen functional groups attached to an aromatic ring is 1. The molecule has 0 saturated carbocycles. The van der Waals surface area contributed by atoms with Crippen LogP contribution in [0.4, 0.5) is 5.69 Å². The minimum atomic E-state index is -1.12. The Morgan fingerprint density at radius 2 is 2.04 bits per heavy atom. The van der Waals surface area contributed by atoms with Gasteiger partial charge < -0.3 is 25.6 Å². The summed E-state index contributed by atoms with van der Waals surface area (Å²) in [7, 11) is 0. The Labute approximate surface area is 150 Å². The van der Waals surface area contributed by atoms with Gasteiger partial charge in [0.15, 0.2) is 17.6 Å². The Morgan fingerprint density at radius 1 is 1.27 bits per heavy atom. The molecule has 3 rings (SSSR count). The van der Waals surface area contributed by atoms with E-state index in [0.29, 0.717) is 17.0 Å². The Kier molecular flexibility index (Phi) is 5.07. The molecule has 7 nitrogen and oxygen atoms in total. The molecule has 1 unspecified atom stereocenters. The average molecular weight is 353 g/mol. The molecule has 0 amide bonds. The molecule has 2 aliphatic rings. The summed E-state index contributed by atoms with van der Waals surface area (Å²) in [5.41, 5.74) is 7.49. The lowest BCUT2D eigenvalue weighted by Crippen LogP contribution is -2.33. The number of carbonyl (C=O) groups is 1. The highest BCUT2D eigenvalue weighted by Crippen LogP contribution is 2.28. The topological polar surface area (TPSA) is 118 Å². The molecule has 0 fully saturated rings. The summed E-state index contributed by atoms with van der Waals surface area (Å²) >= 11 is 0. The van der Waals surface area contributed by atoms with E-state index < -0.39 is 12.0 Å². The zero-order chi connectivity index (χ0) is 18.5. The van der Waals surface area contributed by atoms with Crippen LogP contribution < -0.4 is 11.1 Å². The number of hydrogen-bond acceptors (Lipinski definition) is 5. The van der Waals surface area contributed by atoms with E-state index in [-0.39, 0.29) is 11.6 Å². The summed E-state index contributed by atoms with van der Waals surface area (Å²) in [4.78, 5) is 11.7. The molecule has 26 heavy (non-hydrogen) atoms.